The van der Waals surface area contributed by atoms with Gasteiger partial charge in [-0.3, -0.25) is 4.79 Å². The highest BCUT2D eigenvalue weighted by Crippen LogP contribution is 2.25. The summed E-state index contributed by atoms with van der Waals surface area (Å²) in [4.78, 5) is 12.3. The molecule has 0 spiro atoms. The third kappa shape index (κ3) is 5.72. The highest BCUT2D eigenvalue weighted by molar-refractivity contribution is 5.90. The van der Waals surface area contributed by atoms with Gasteiger partial charge in [0.2, 0.25) is 17.7 Å². The van der Waals surface area contributed by atoms with Gasteiger partial charge >= 0.3 is 0 Å². The van der Waals surface area contributed by atoms with E-state index in [0.29, 0.717) is 42.0 Å². The summed E-state index contributed by atoms with van der Waals surface area (Å²) in [6, 6.07) is 24.1. The summed E-state index contributed by atoms with van der Waals surface area (Å²) < 4.78 is 16.9. The van der Waals surface area contributed by atoms with Crippen LogP contribution in [-0.2, 0) is 11.2 Å². The van der Waals surface area contributed by atoms with Crippen molar-refractivity contribution in [3.05, 3.63) is 84.8 Å². The van der Waals surface area contributed by atoms with E-state index in [4.69, 9.17) is 13.9 Å². The molecular weight excluding hydrogens is 406 g/mol. The zero-order chi connectivity index (χ0) is 22.2. The summed E-state index contributed by atoms with van der Waals surface area (Å²) in [5.41, 5.74) is 1.53. The summed E-state index contributed by atoms with van der Waals surface area (Å²) in [6.45, 7) is 2.56. The summed E-state index contributed by atoms with van der Waals surface area (Å²) in [5.74, 6) is 2.92. The lowest BCUT2D eigenvalue weighted by molar-refractivity contribution is -0.116. The molecule has 0 aliphatic carbocycles. The van der Waals surface area contributed by atoms with Gasteiger partial charge in [-0.25, -0.2) is 0 Å². The maximum absolute atomic E-state index is 12.3. The zero-order valence-corrected chi connectivity index (χ0v) is 17.7. The molecule has 162 valence electrons. The molecule has 1 heterocycles. The number of hydrogen-bond acceptors (Lipinski definition) is 6. The molecule has 0 bridgehead atoms. The van der Waals surface area contributed by atoms with Crippen LogP contribution < -0.4 is 14.8 Å². The average molecular weight is 429 g/mol. The lowest BCUT2D eigenvalue weighted by atomic mass is 10.2. The Balaban J connectivity index is 1.26. The van der Waals surface area contributed by atoms with E-state index in [0.717, 1.165) is 11.3 Å². The van der Waals surface area contributed by atoms with Crippen LogP contribution in [0.4, 0.5) is 5.69 Å². The van der Waals surface area contributed by atoms with Crippen LogP contribution >= 0.6 is 0 Å². The van der Waals surface area contributed by atoms with Crippen LogP contribution in [0.5, 0.6) is 17.2 Å². The first kappa shape index (κ1) is 21.1. The maximum atomic E-state index is 12.3. The van der Waals surface area contributed by atoms with Crippen molar-refractivity contribution < 1.29 is 18.7 Å². The second-order valence-electron chi connectivity index (χ2n) is 6.95. The second kappa shape index (κ2) is 10.3. The molecule has 0 unspecified atom stereocenters. The lowest BCUT2D eigenvalue weighted by Crippen LogP contribution is -2.12. The largest absolute Gasteiger partial charge is 0.494 e. The molecule has 4 aromatic rings. The van der Waals surface area contributed by atoms with E-state index in [9.17, 15) is 4.79 Å². The number of carbonyl (C=O) groups excluding carboxylic acids is 1. The van der Waals surface area contributed by atoms with E-state index < -0.39 is 0 Å². The molecule has 0 radical (unpaired) electrons. The van der Waals surface area contributed by atoms with Crippen molar-refractivity contribution in [3.8, 4) is 28.7 Å². The smallest absolute Gasteiger partial charge is 0.247 e. The maximum Gasteiger partial charge on any atom is 0.247 e. The van der Waals surface area contributed by atoms with Gasteiger partial charge in [-0.15, -0.1) is 10.2 Å². The molecule has 3 aromatic carbocycles. The van der Waals surface area contributed by atoms with Gasteiger partial charge in [0.15, 0.2) is 0 Å². The van der Waals surface area contributed by atoms with E-state index in [1.165, 1.54) is 0 Å². The summed E-state index contributed by atoms with van der Waals surface area (Å²) in [6.07, 6.45) is 0.603. The highest BCUT2D eigenvalue weighted by atomic mass is 16.5. The minimum Gasteiger partial charge on any atom is -0.494 e. The van der Waals surface area contributed by atoms with Crippen molar-refractivity contribution >= 4 is 11.6 Å². The van der Waals surface area contributed by atoms with Crippen LogP contribution in [0, 0.1) is 0 Å². The number of nitrogens with one attached hydrogen (secondary N) is 1. The number of aromatic nitrogens is 2. The molecule has 0 aliphatic rings. The van der Waals surface area contributed by atoms with Crippen LogP contribution in [0.2, 0.25) is 0 Å². The molecule has 0 fully saturated rings. The van der Waals surface area contributed by atoms with Crippen molar-refractivity contribution in [3.63, 3.8) is 0 Å². The molecule has 0 atom stereocenters. The van der Waals surface area contributed by atoms with Crippen molar-refractivity contribution in [2.75, 3.05) is 11.9 Å². The number of carbonyl (C=O) groups is 1. The monoisotopic (exact) mass is 429 g/mol. The molecule has 0 saturated carbocycles. The van der Waals surface area contributed by atoms with Crippen LogP contribution in [0.3, 0.4) is 0 Å². The minimum absolute atomic E-state index is 0.135. The van der Waals surface area contributed by atoms with Gasteiger partial charge in [-0.05, 0) is 67.6 Å². The number of anilines is 1. The van der Waals surface area contributed by atoms with Crippen molar-refractivity contribution in [2.45, 2.75) is 19.8 Å². The molecule has 1 N–H and O–H groups in total. The summed E-state index contributed by atoms with van der Waals surface area (Å²) in [7, 11) is 0. The second-order valence-corrected chi connectivity index (χ2v) is 6.95. The van der Waals surface area contributed by atoms with Gasteiger partial charge in [-0.1, -0.05) is 18.2 Å². The normalized spacial score (nSPS) is 10.5. The number of amides is 1. The van der Waals surface area contributed by atoms with E-state index in [1.807, 2.05) is 61.5 Å². The molecule has 0 saturated heterocycles. The summed E-state index contributed by atoms with van der Waals surface area (Å²) >= 11 is 0. The molecule has 7 nitrogen and oxygen atoms in total. The first-order valence-electron chi connectivity index (χ1n) is 10.4. The van der Waals surface area contributed by atoms with Crippen molar-refractivity contribution in [1.82, 2.24) is 10.2 Å². The Hall–Kier alpha value is -4.13. The Morgan fingerprint density at radius 2 is 1.53 bits per heavy atom. The molecule has 0 aliphatic heterocycles. The van der Waals surface area contributed by atoms with Gasteiger partial charge in [0, 0.05) is 24.1 Å². The average Bonchev–Trinajstić information content (AvgIpc) is 3.30. The Bertz CT molecular complexity index is 1140. The minimum atomic E-state index is -0.135. The number of rotatable bonds is 9. The van der Waals surface area contributed by atoms with Gasteiger partial charge < -0.3 is 19.2 Å². The fourth-order valence-electron chi connectivity index (χ4n) is 3.01. The van der Waals surface area contributed by atoms with Crippen molar-refractivity contribution in [2.24, 2.45) is 0 Å². The number of aryl methyl sites for hydroxylation is 1. The van der Waals surface area contributed by atoms with Crippen molar-refractivity contribution in [1.29, 1.82) is 0 Å². The first-order chi connectivity index (χ1) is 15.7. The first-order valence-corrected chi connectivity index (χ1v) is 10.4. The Kier molecular flexibility index (Phi) is 6.77. The molecule has 1 amide bonds. The van der Waals surface area contributed by atoms with Gasteiger partial charge in [0.05, 0.1) is 6.61 Å². The van der Waals surface area contributed by atoms with Gasteiger partial charge in [0.1, 0.15) is 17.2 Å². The third-order valence-corrected chi connectivity index (χ3v) is 4.56. The molecule has 7 heteroatoms. The van der Waals surface area contributed by atoms with Gasteiger partial charge in [-0.2, -0.15) is 0 Å². The molecule has 4 rings (SSSR count). The molecule has 32 heavy (non-hydrogen) atoms. The van der Waals surface area contributed by atoms with E-state index in [1.54, 1.807) is 24.3 Å². The Morgan fingerprint density at radius 3 is 2.22 bits per heavy atom. The van der Waals surface area contributed by atoms with Crippen LogP contribution in [0.1, 0.15) is 19.2 Å². The van der Waals surface area contributed by atoms with Crippen LogP contribution in [0.15, 0.2) is 83.3 Å². The lowest BCUT2D eigenvalue weighted by Gasteiger charge is -2.09. The number of hydrogen-bond donors (Lipinski definition) is 1. The Morgan fingerprint density at radius 1 is 0.875 bits per heavy atom. The number of nitrogens with zero attached hydrogens (tertiary/aromatic N) is 2. The van der Waals surface area contributed by atoms with E-state index >= 15 is 0 Å². The third-order valence-electron chi connectivity index (χ3n) is 4.56. The van der Waals surface area contributed by atoms with E-state index in [2.05, 4.69) is 15.5 Å². The molecular formula is C25H23N3O4. The van der Waals surface area contributed by atoms with Crippen LogP contribution in [-0.4, -0.2) is 22.7 Å². The standard InChI is InChI=1S/C25H23N3O4/c1-2-30-20-12-14-22(15-13-20)31-21-10-8-19(9-11-21)26-23(29)16-17-24-27-28-25(32-24)18-6-4-3-5-7-18/h3-15H,2,16-17H2,1H3,(H,26,29). The highest BCUT2D eigenvalue weighted by Gasteiger charge is 2.11. The van der Waals surface area contributed by atoms with Gasteiger partial charge in [0.25, 0.3) is 0 Å². The molecule has 1 aromatic heterocycles. The fraction of sp³-hybridized carbons (Fsp3) is 0.160. The Labute approximate surface area is 186 Å². The van der Waals surface area contributed by atoms with E-state index in [-0.39, 0.29) is 12.3 Å². The topological polar surface area (TPSA) is 86.5 Å². The summed E-state index contributed by atoms with van der Waals surface area (Å²) in [5, 5.41) is 10.9. The number of ether oxygens (including phenoxy) is 2. The fourth-order valence-corrected chi connectivity index (χ4v) is 3.01. The number of benzene rings is 3. The van der Waals surface area contributed by atoms with Crippen LogP contribution in [0.25, 0.3) is 11.5 Å². The SMILES string of the molecule is CCOc1ccc(Oc2ccc(NC(=O)CCc3nnc(-c4ccccc4)o3)cc2)cc1. The predicted molar refractivity (Wildman–Crippen MR) is 121 cm³/mol. The zero-order valence-electron chi connectivity index (χ0n) is 17.7. The quantitative estimate of drug-likeness (QED) is 0.378. The predicted octanol–water partition coefficient (Wildman–Crippen LogP) is 5.50.